The predicted molar refractivity (Wildman–Crippen MR) is 57.4 cm³/mol. The van der Waals surface area contributed by atoms with Crippen molar-refractivity contribution in [2.24, 2.45) is 0 Å². The van der Waals surface area contributed by atoms with Crippen molar-refractivity contribution in [1.29, 1.82) is 0 Å². The first-order chi connectivity index (χ1) is 6.93. The zero-order valence-electron chi connectivity index (χ0n) is 9.00. The highest BCUT2D eigenvalue weighted by Crippen LogP contribution is 2.11. The van der Waals surface area contributed by atoms with Crippen LogP contribution in [0.25, 0.3) is 0 Å². The number of aliphatic hydroxyl groups is 1. The lowest BCUT2D eigenvalue weighted by Gasteiger charge is -2.22. The zero-order chi connectivity index (χ0) is 10.1. The standard InChI is InChI=1S/C11H23NO2/c13-8-4-1-3-7-12-10-11-6-2-5-9-14-11/h11-13H,1-10H2. The minimum atomic E-state index is 0.325. The van der Waals surface area contributed by atoms with E-state index in [0.717, 1.165) is 39.0 Å². The molecule has 0 amide bonds. The topological polar surface area (TPSA) is 41.5 Å². The molecule has 0 aromatic carbocycles. The van der Waals surface area contributed by atoms with E-state index < -0.39 is 0 Å². The molecule has 0 spiro atoms. The summed E-state index contributed by atoms with van der Waals surface area (Å²) in [5.74, 6) is 0. The molecule has 0 radical (unpaired) electrons. The molecule has 0 aliphatic carbocycles. The number of rotatable bonds is 7. The van der Waals surface area contributed by atoms with E-state index in [1.54, 1.807) is 0 Å². The Bertz CT molecular complexity index is 124. The summed E-state index contributed by atoms with van der Waals surface area (Å²) in [5.41, 5.74) is 0. The summed E-state index contributed by atoms with van der Waals surface area (Å²) in [6, 6.07) is 0. The summed E-state index contributed by atoms with van der Waals surface area (Å²) in [6.45, 7) is 3.32. The van der Waals surface area contributed by atoms with E-state index in [2.05, 4.69) is 5.32 Å². The second-order valence-electron chi connectivity index (χ2n) is 3.98. The highest BCUT2D eigenvalue weighted by atomic mass is 16.5. The van der Waals surface area contributed by atoms with Crippen molar-refractivity contribution in [3.05, 3.63) is 0 Å². The van der Waals surface area contributed by atoms with Crippen LogP contribution in [-0.2, 0) is 4.74 Å². The van der Waals surface area contributed by atoms with Gasteiger partial charge in [-0.05, 0) is 45.1 Å². The Morgan fingerprint density at radius 2 is 2.14 bits per heavy atom. The maximum atomic E-state index is 8.59. The fourth-order valence-corrected chi connectivity index (χ4v) is 1.77. The monoisotopic (exact) mass is 201 g/mol. The first kappa shape index (κ1) is 12.0. The third-order valence-corrected chi connectivity index (χ3v) is 2.66. The Morgan fingerprint density at radius 1 is 1.21 bits per heavy atom. The lowest BCUT2D eigenvalue weighted by atomic mass is 10.1. The SMILES string of the molecule is OCCCCCNCC1CCCCO1. The van der Waals surface area contributed by atoms with Gasteiger partial charge < -0.3 is 15.2 Å². The molecule has 1 rings (SSSR count). The van der Waals surface area contributed by atoms with Crippen LogP contribution in [-0.4, -0.2) is 37.5 Å². The number of aliphatic hydroxyl groups excluding tert-OH is 1. The van der Waals surface area contributed by atoms with E-state index in [9.17, 15) is 0 Å². The average molecular weight is 201 g/mol. The number of hydrogen-bond acceptors (Lipinski definition) is 3. The van der Waals surface area contributed by atoms with Gasteiger partial charge in [-0.1, -0.05) is 0 Å². The number of hydrogen-bond donors (Lipinski definition) is 2. The van der Waals surface area contributed by atoms with Gasteiger partial charge in [-0.3, -0.25) is 0 Å². The van der Waals surface area contributed by atoms with Gasteiger partial charge in [0.15, 0.2) is 0 Å². The molecular formula is C11H23NO2. The molecule has 1 aliphatic heterocycles. The Kier molecular flexibility index (Phi) is 7.01. The summed E-state index contributed by atoms with van der Waals surface area (Å²) < 4.78 is 5.60. The second kappa shape index (κ2) is 8.21. The van der Waals surface area contributed by atoms with Crippen LogP contribution in [0.15, 0.2) is 0 Å². The van der Waals surface area contributed by atoms with Crippen LogP contribution >= 0.6 is 0 Å². The van der Waals surface area contributed by atoms with Crippen molar-refractivity contribution < 1.29 is 9.84 Å². The lowest BCUT2D eigenvalue weighted by molar-refractivity contribution is 0.0170. The molecule has 3 heteroatoms. The van der Waals surface area contributed by atoms with Crippen LogP contribution in [0.2, 0.25) is 0 Å². The maximum Gasteiger partial charge on any atom is 0.0699 e. The molecule has 84 valence electrons. The van der Waals surface area contributed by atoms with Crippen LogP contribution in [0.3, 0.4) is 0 Å². The van der Waals surface area contributed by atoms with Gasteiger partial charge in [-0.25, -0.2) is 0 Å². The van der Waals surface area contributed by atoms with E-state index in [4.69, 9.17) is 9.84 Å². The molecule has 0 aromatic rings. The van der Waals surface area contributed by atoms with E-state index in [-0.39, 0.29) is 0 Å². The molecule has 1 atom stereocenters. The lowest BCUT2D eigenvalue weighted by Crippen LogP contribution is -2.32. The van der Waals surface area contributed by atoms with Gasteiger partial charge in [-0.15, -0.1) is 0 Å². The molecule has 1 unspecified atom stereocenters. The van der Waals surface area contributed by atoms with Gasteiger partial charge in [0, 0.05) is 19.8 Å². The smallest absolute Gasteiger partial charge is 0.0699 e. The quantitative estimate of drug-likeness (QED) is 0.610. The van der Waals surface area contributed by atoms with Crippen molar-refractivity contribution in [2.75, 3.05) is 26.3 Å². The Hall–Kier alpha value is -0.120. The third-order valence-electron chi connectivity index (χ3n) is 2.66. The van der Waals surface area contributed by atoms with Gasteiger partial charge in [0.2, 0.25) is 0 Å². The fraction of sp³-hybridized carbons (Fsp3) is 1.00. The van der Waals surface area contributed by atoms with Crippen molar-refractivity contribution in [3.8, 4) is 0 Å². The van der Waals surface area contributed by atoms with Crippen LogP contribution in [0.5, 0.6) is 0 Å². The van der Waals surface area contributed by atoms with Gasteiger partial charge >= 0.3 is 0 Å². The molecule has 1 aliphatic rings. The van der Waals surface area contributed by atoms with Gasteiger partial charge in [-0.2, -0.15) is 0 Å². The normalized spacial score (nSPS) is 22.5. The Labute approximate surface area is 86.8 Å². The minimum absolute atomic E-state index is 0.325. The van der Waals surface area contributed by atoms with E-state index in [1.165, 1.54) is 19.3 Å². The summed E-state index contributed by atoms with van der Waals surface area (Å²) in [4.78, 5) is 0. The highest BCUT2D eigenvalue weighted by Gasteiger charge is 2.12. The molecule has 1 saturated heterocycles. The molecule has 1 heterocycles. The summed E-state index contributed by atoms with van der Waals surface area (Å²) >= 11 is 0. The van der Waals surface area contributed by atoms with Gasteiger partial charge in [0.1, 0.15) is 0 Å². The Morgan fingerprint density at radius 3 is 2.86 bits per heavy atom. The molecule has 0 bridgehead atoms. The average Bonchev–Trinajstić information content (AvgIpc) is 2.25. The van der Waals surface area contributed by atoms with Gasteiger partial charge in [0.25, 0.3) is 0 Å². The molecular weight excluding hydrogens is 178 g/mol. The van der Waals surface area contributed by atoms with Gasteiger partial charge in [0.05, 0.1) is 6.10 Å². The molecule has 0 saturated carbocycles. The predicted octanol–water partition coefficient (Wildman–Crippen LogP) is 1.31. The van der Waals surface area contributed by atoms with Crippen LogP contribution in [0.4, 0.5) is 0 Å². The Balaban J connectivity index is 1.82. The summed E-state index contributed by atoms with van der Waals surface area (Å²) in [5, 5.41) is 12.0. The minimum Gasteiger partial charge on any atom is -0.396 e. The molecule has 1 fully saturated rings. The number of unbranched alkanes of at least 4 members (excludes halogenated alkanes) is 2. The molecule has 0 aromatic heterocycles. The maximum absolute atomic E-state index is 8.59. The number of ether oxygens (including phenoxy) is 1. The third kappa shape index (κ3) is 5.58. The molecule has 3 nitrogen and oxygen atoms in total. The molecule has 14 heavy (non-hydrogen) atoms. The summed E-state index contributed by atoms with van der Waals surface area (Å²) in [7, 11) is 0. The van der Waals surface area contributed by atoms with E-state index in [0.29, 0.717) is 12.7 Å². The second-order valence-corrected chi connectivity index (χ2v) is 3.98. The molecule has 2 N–H and O–H groups in total. The number of nitrogens with one attached hydrogen (secondary N) is 1. The summed E-state index contributed by atoms with van der Waals surface area (Å²) in [6.07, 6.45) is 7.42. The first-order valence-electron chi connectivity index (χ1n) is 5.86. The van der Waals surface area contributed by atoms with Crippen molar-refractivity contribution >= 4 is 0 Å². The van der Waals surface area contributed by atoms with Crippen LogP contribution in [0.1, 0.15) is 38.5 Å². The highest BCUT2D eigenvalue weighted by molar-refractivity contribution is 4.66. The van der Waals surface area contributed by atoms with E-state index >= 15 is 0 Å². The van der Waals surface area contributed by atoms with E-state index in [1.807, 2.05) is 0 Å². The van der Waals surface area contributed by atoms with Crippen LogP contribution < -0.4 is 5.32 Å². The van der Waals surface area contributed by atoms with Crippen molar-refractivity contribution in [3.63, 3.8) is 0 Å². The fourth-order valence-electron chi connectivity index (χ4n) is 1.77. The zero-order valence-corrected chi connectivity index (χ0v) is 9.00. The first-order valence-corrected chi connectivity index (χ1v) is 5.86. The van der Waals surface area contributed by atoms with Crippen LogP contribution in [0, 0.1) is 0 Å². The largest absolute Gasteiger partial charge is 0.396 e. The van der Waals surface area contributed by atoms with Crippen molar-refractivity contribution in [2.45, 2.75) is 44.6 Å². The van der Waals surface area contributed by atoms with Crippen molar-refractivity contribution in [1.82, 2.24) is 5.32 Å².